The van der Waals surface area contributed by atoms with E-state index in [4.69, 9.17) is 4.98 Å². The van der Waals surface area contributed by atoms with Gasteiger partial charge in [0.15, 0.2) is 0 Å². The molecule has 5 aromatic rings. The van der Waals surface area contributed by atoms with Gasteiger partial charge in [-0.25, -0.2) is 9.78 Å². The molecule has 2 aromatic heterocycles. The molecule has 0 radical (unpaired) electrons. The fourth-order valence-electron chi connectivity index (χ4n) is 4.92. The van der Waals surface area contributed by atoms with Crippen molar-refractivity contribution in [2.45, 2.75) is 46.1 Å². The quantitative estimate of drug-likeness (QED) is 0.256. The third-order valence-electron chi connectivity index (χ3n) is 7.04. The summed E-state index contributed by atoms with van der Waals surface area (Å²) < 4.78 is 1.59. The third-order valence-corrected chi connectivity index (χ3v) is 7.04. The first-order chi connectivity index (χ1) is 19.5. The summed E-state index contributed by atoms with van der Waals surface area (Å²) in [5.41, 5.74) is 5.91. The molecule has 2 heterocycles. The summed E-state index contributed by atoms with van der Waals surface area (Å²) in [4.78, 5) is 30.5. The van der Waals surface area contributed by atoms with E-state index < -0.39 is 5.97 Å². The van der Waals surface area contributed by atoms with Crippen molar-refractivity contribution in [2.75, 3.05) is 0 Å². The maximum Gasteiger partial charge on any atom is 0.336 e. The summed E-state index contributed by atoms with van der Waals surface area (Å²) >= 11 is 0. The first-order valence-electron chi connectivity index (χ1n) is 13.3. The fourth-order valence-corrected chi connectivity index (χ4v) is 4.92. The zero-order chi connectivity index (χ0) is 28.1. The van der Waals surface area contributed by atoms with Gasteiger partial charge in [0.2, 0.25) is 5.82 Å². The average Bonchev–Trinajstić information content (AvgIpc) is 3.51. The topological polar surface area (TPSA) is 127 Å². The Balaban J connectivity index is 1.50. The Kier molecular flexibility index (Phi) is 7.91. The van der Waals surface area contributed by atoms with Gasteiger partial charge >= 0.3 is 5.97 Å². The number of nitrogens with zero attached hydrogens (tertiary/aromatic N) is 5. The minimum Gasteiger partial charge on any atom is -0.478 e. The predicted octanol–water partition coefficient (Wildman–Crippen LogP) is 5.08. The van der Waals surface area contributed by atoms with Crippen molar-refractivity contribution in [3.05, 3.63) is 117 Å². The second-order valence-electron chi connectivity index (χ2n) is 9.70. The molecule has 0 bridgehead atoms. The van der Waals surface area contributed by atoms with Crippen LogP contribution in [0.5, 0.6) is 0 Å². The van der Waals surface area contributed by atoms with Crippen molar-refractivity contribution in [1.82, 2.24) is 30.2 Å². The van der Waals surface area contributed by atoms with E-state index in [9.17, 15) is 14.7 Å². The Morgan fingerprint density at radius 1 is 0.975 bits per heavy atom. The van der Waals surface area contributed by atoms with Crippen LogP contribution in [0.4, 0.5) is 0 Å². The van der Waals surface area contributed by atoms with Gasteiger partial charge in [-0.1, -0.05) is 80.1 Å². The lowest BCUT2D eigenvalue weighted by atomic mass is 9.96. The zero-order valence-corrected chi connectivity index (χ0v) is 22.5. The highest BCUT2D eigenvalue weighted by Crippen LogP contribution is 2.30. The molecule has 40 heavy (non-hydrogen) atoms. The first-order valence-corrected chi connectivity index (χ1v) is 13.3. The number of rotatable bonds is 10. The van der Waals surface area contributed by atoms with Gasteiger partial charge in [0, 0.05) is 17.5 Å². The van der Waals surface area contributed by atoms with Gasteiger partial charge < -0.3 is 5.11 Å². The van der Waals surface area contributed by atoms with Crippen LogP contribution in [0.15, 0.2) is 77.6 Å². The van der Waals surface area contributed by atoms with Gasteiger partial charge in [0.1, 0.15) is 5.82 Å². The maximum atomic E-state index is 13.9. The molecule has 2 N–H and O–H groups in total. The Morgan fingerprint density at radius 3 is 2.40 bits per heavy atom. The Bertz CT molecular complexity index is 1690. The lowest BCUT2D eigenvalue weighted by Crippen LogP contribution is -2.30. The number of tetrazole rings is 1. The molecule has 9 heteroatoms. The molecule has 0 aliphatic carbocycles. The number of carboxylic acids is 1. The van der Waals surface area contributed by atoms with Crippen LogP contribution in [0.2, 0.25) is 0 Å². The lowest BCUT2D eigenvalue weighted by molar-refractivity contribution is 0.0695. The predicted molar refractivity (Wildman–Crippen MR) is 152 cm³/mol. The van der Waals surface area contributed by atoms with Gasteiger partial charge in [0.05, 0.1) is 17.8 Å². The molecular weight excluding hydrogens is 504 g/mol. The van der Waals surface area contributed by atoms with Gasteiger partial charge in [-0.2, -0.15) is 5.21 Å². The van der Waals surface area contributed by atoms with Crippen LogP contribution in [-0.4, -0.2) is 41.3 Å². The lowest BCUT2D eigenvalue weighted by Gasteiger charge is -2.17. The summed E-state index contributed by atoms with van der Waals surface area (Å²) in [5, 5.41) is 24.1. The highest BCUT2D eigenvalue weighted by atomic mass is 16.4. The molecule has 5 rings (SSSR count). The molecule has 0 aliphatic heterocycles. The van der Waals surface area contributed by atoms with E-state index in [1.54, 1.807) is 35.8 Å². The number of aromatic nitrogens is 6. The van der Waals surface area contributed by atoms with E-state index in [0.29, 0.717) is 35.6 Å². The molecule has 0 saturated carbocycles. The zero-order valence-electron chi connectivity index (χ0n) is 22.5. The number of carbonyl (C=O) groups is 1. The van der Waals surface area contributed by atoms with Crippen LogP contribution < -0.4 is 5.56 Å². The molecule has 3 aromatic carbocycles. The monoisotopic (exact) mass is 534 g/mol. The number of hydrogen-bond donors (Lipinski definition) is 2. The average molecular weight is 535 g/mol. The molecule has 0 fully saturated rings. The summed E-state index contributed by atoms with van der Waals surface area (Å²) in [6, 6.07) is 22.7. The summed E-state index contributed by atoms with van der Waals surface area (Å²) in [7, 11) is 0. The molecule has 202 valence electrons. The maximum absolute atomic E-state index is 13.9. The van der Waals surface area contributed by atoms with Crippen molar-refractivity contribution in [3.63, 3.8) is 0 Å². The number of carboxylic acid groups (broad SMARTS) is 1. The molecular formula is C31H30N6O3. The van der Waals surface area contributed by atoms with Crippen molar-refractivity contribution >= 4 is 5.97 Å². The van der Waals surface area contributed by atoms with Crippen LogP contribution >= 0.6 is 0 Å². The Hall–Kier alpha value is -4.92. The number of aromatic amines is 1. The molecule has 0 aliphatic rings. The van der Waals surface area contributed by atoms with Crippen molar-refractivity contribution in [1.29, 1.82) is 0 Å². The standard InChI is InChI=1S/C31H30N6O3/c1-3-4-13-28-27(30(38)37(20(2)32-28)19-23-9-5-6-11-25(23)31(39)40)18-21-14-16-22(17-15-21)24-10-7-8-12-26(24)29-33-35-36-34-29/h5-12,14-17H,3-4,13,18-19H2,1-2H3,(H,39,40)(H,33,34,35,36). The summed E-state index contributed by atoms with van der Waals surface area (Å²) in [5.74, 6) is 0.0829. The molecule has 0 saturated heterocycles. The van der Waals surface area contributed by atoms with E-state index in [0.717, 1.165) is 40.8 Å². The molecule has 0 amide bonds. The number of H-pyrrole nitrogens is 1. The highest BCUT2D eigenvalue weighted by molar-refractivity contribution is 5.89. The highest BCUT2D eigenvalue weighted by Gasteiger charge is 2.18. The van der Waals surface area contributed by atoms with Crippen molar-refractivity contribution in [2.24, 2.45) is 0 Å². The molecule has 0 spiro atoms. The number of benzene rings is 3. The fraction of sp³-hybridized carbons (Fsp3) is 0.226. The third kappa shape index (κ3) is 5.58. The van der Waals surface area contributed by atoms with E-state index >= 15 is 0 Å². The minimum atomic E-state index is -1.02. The largest absolute Gasteiger partial charge is 0.478 e. The van der Waals surface area contributed by atoms with Crippen LogP contribution in [0, 0.1) is 6.92 Å². The second-order valence-corrected chi connectivity index (χ2v) is 9.70. The van der Waals surface area contributed by atoms with Crippen LogP contribution in [0.25, 0.3) is 22.5 Å². The van der Waals surface area contributed by atoms with Crippen LogP contribution in [0.3, 0.4) is 0 Å². The smallest absolute Gasteiger partial charge is 0.336 e. The Morgan fingerprint density at radius 2 is 1.70 bits per heavy atom. The number of nitrogens with one attached hydrogen (secondary N) is 1. The van der Waals surface area contributed by atoms with E-state index in [-0.39, 0.29) is 17.7 Å². The number of aryl methyl sites for hydroxylation is 2. The van der Waals surface area contributed by atoms with Crippen molar-refractivity contribution < 1.29 is 9.90 Å². The number of aromatic carboxylic acids is 1. The van der Waals surface area contributed by atoms with E-state index in [2.05, 4.69) is 27.5 Å². The van der Waals surface area contributed by atoms with E-state index in [1.807, 2.05) is 48.5 Å². The number of hydrogen-bond acceptors (Lipinski definition) is 6. The van der Waals surface area contributed by atoms with Gasteiger partial charge in [-0.15, -0.1) is 10.2 Å². The van der Waals surface area contributed by atoms with Gasteiger partial charge in [-0.05, 0) is 53.3 Å². The van der Waals surface area contributed by atoms with Gasteiger partial charge in [0.25, 0.3) is 5.56 Å². The second kappa shape index (κ2) is 11.9. The SMILES string of the molecule is CCCCc1nc(C)n(Cc2ccccc2C(=O)O)c(=O)c1Cc1ccc(-c2ccccc2-c2nn[nH]n2)cc1. The van der Waals surface area contributed by atoms with E-state index in [1.165, 1.54) is 0 Å². The molecule has 0 atom stereocenters. The summed E-state index contributed by atoms with van der Waals surface area (Å²) in [6.07, 6.45) is 3.06. The van der Waals surface area contributed by atoms with Crippen LogP contribution in [0.1, 0.15) is 58.3 Å². The molecule has 9 nitrogen and oxygen atoms in total. The minimum absolute atomic E-state index is 0.134. The first kappa shape index (κ1) is 26.7. The van der Waals surface area contributed by atoms with Crippen LogP contribution in [-0.2, 0) is 19.4 Å². The normalized spacial score (nSPS) is 11.1. The molecule has 0 unspecified atom stereocenters. The number of unbranched alkanes of at least 4 members (excludes halogenated alkanes) is 1. The van der Waals surface area contributed by atoms with Gasteiger partial charge in [-0.3, -0.25) is 9.36 Å². The Labute approximate surface area is 231 Å². The van der Waals surface area contributed by atoms with Crippen molar-refractivity contribution in [3.8, 4) is 22.5 Å². The summed E-state index contributed by atoms with van der Waals surface area (Å²) in [6.45, 7) is 4.06.